The van der Waals surface area contributed by atoms with E-state index in [0.717, 1.165) is 25.7 Å². The number of cyclic esters (lactones) is 1. The molecule has 1 aromatic carbocycles. The van der Waals surface area contributed by atoms with Gasteiger partial charge in [-0.3, -0.25) is 14.2 Å². The smallest absolute Gasteiger partial charge is 0.319 e. The second-order valence-electron chi connectivity index (χ2n) is 6.61. The molecule has 24 heavy (non-hydrogen) atoms. The fourth-order valence-corrected chi connectivity index (χ4v) is 4.91. The van der Waals surface area contributed by atoms with E-state index < -0.39 is 0 Å². The number of esters is 1. The van der Waals surface area contributed by atoms with Crippen LogP contribution >= 0.6 is 11.8 Å². The van der Waals surface area contributed by atoms with Crippen LogP contribution in [0.15, 0.2) is 34.2 Å². The fourth-order valence-electron chi connectivity index (χ4n) is 3.64. The lowest BCUT2D eigenvalue weighted by atomic mass is 10.2. The van der Waals surface area contributed by atoms with E-state index >= 15 is 0 Å². The third-order valence-corrected chi connectivity index (χ3v) is 6.01. The summed E-state index contributed by atoms with van der Waals surface area (Å²) in [6.07, 6.45) is 4.87. The molecule has 5 nitrogen and oxygen atoms in total. The molecule has 0 radical (unpaired) electrons. The molecule has 126 valence electrons. The van der Waals surface area contributed by atoms with Crippen LogP contribution in [0.1, 0.15) is 45.1 Å². The average Bonchev–Trinajstić information content (AvgIpc) is 3.18. The van der Waals surface area contributed by atoms with Crippen LogP contribution in [0.3, 0.4) is 0 Å². The van der Waals surface area contributed by atoms with Crippen molar-refractivity contribution in [3.8, 4) is 0 Å². The Labute approximate surface area is 144 Å². The highest BCUT2D eigenvalue weighted by Gasteiger charge is 2.35. The van der Waals surface area contributed by atoms with Gasteiger partial charge in [0.05, 0.1) is 10.9 Å². The van der Waals surface area contributed by atoms with Gasteiger partial charge in [-0.25, -0.2) is 4.98 Å². The van der Waals surface area contributed by atoms with E-state index in [9.17, 15) is 9.59 Å². The van der Waals surface area contributed by atoms with Crippen molar-refractivity contribution in [2.45, 2.75) is 61.6 Å². The predicted molar refractivity (Wildman–Crippen MR) is 93.3 cm³/mol. The molecule has 2 heterocycles. The Hall–Kier alpha value is -1.82. The number of ether oxygens (including phenoxy) is 1. The van der Waals surface area contributed by atoms with Gasteiger partial charge in [-0.1, -0.05) is 36.7 Å². The number of para-hydroxylation sites is 1. The summed E-state index contributed by atoms with van der Waals surface area (Å²) in [6.45, 7) is 1.90. The maximum atomic E-state index is 13.0. The number of aromatic nitrogens is 2. The molecule has 1 aliphatic carbocycles. The second kappa shape index (κ2) is 6.24. The highest BCUT2D eigenvalue weighted by Crippen LogP contribution is 2.36. The van der Waals surface area contributed by atoms with Crippen LogP contribution in [0.25, 0.3) is 10.9 Å². The van der Waals surface area contributed by atoms with Gasteiger partial charge in [-0.2, -0.15) is 0 Å². The number of fused-ring (bicyclic) bond motifs is 1. The van der Waals surface area contributed by atoms with Crippen LogP contribution < -0.4 is 5.56 Å². The maximum absolute atomic E-state index is 13.0. The first kappa shape index (κ1) is 15.7. The Balaban J connectivity index is 1.81. The van der Waals surface area contributed by atoms with Gasteiger partial charge in [0.15, 0.2) is 5.16 Å². The van der Waals surface area contributed by atoms with Crippen molar-refractivity contribution in [3.05, 3.63) is 34.6 Å². The van der Waals surface area contributed by atoms with Crippen molar-refractivity contribution < 1.29 is 9.53 Å². The maximum Gasteiger partial charge on any atom is 0.319 e. The predicted octanol–water partition coefficient (Wildman–Crippen LogP) is 3.31. The molecule has 1 aromatic heterocycles. The molecule has 2 unspecified atom stereocenters. The molecule has 2 aromatic rings. The summed E-state index contributed by atoms with van der Waals surface area (Å²) in [6, 6.07) is 7.63. The number of nitrogens with zero attached hydrogens (tertiary/aromatic N) is 2. The van der Waals surface area contributed by atoms with Crippen LogP contribution in [0.4, 0.5) is 0 Å². The van der Waals surface area contributed by atoms with Crippen molar-refractivity contribution in [2.75, 3.05) is 0 Å². The fraction of sp³-hybridized carbons (Fsp3) is 0.500. The van der Waals surface area contributed by atoms with Crippen LogP contribution in [-0.4, -0.2) is 26.9 Å². The number of hydrogen-bond acceptors (Lipinski definition) is 5. The molecular formula is C18H20N2O3S. The number of carbonyl (C=O) groups excluding carboxylic acids is 1. The van der Waals surface area contributed by atoms with Gasteiger partial charge in [-0.15, -0.1) is 0 Å². The SMILES string of the molecule is CC1CC(Sc2nc3ccccc3c(=O)n2C2CCCC2)C(=O)O1. The van der Waals surface area contributed by atoms with E-state index in [1.54, 1.807) is 0 Å². The van der Waals surface area contributed by atoms with Crippen LogP contribution in [0.5, 0.6) is 0 Å². The second-order valence-corrected chi connectivity index (χ2v) is 7.78. The zero-order valence-electron chi connectivity index (χ0n) is 13.6. The number of rotatable bonds is 3. The van der Waals surface area contributed by atoms with Gasteiger partial charge in [0.2, 0.25) is 0 Å². The molecule has 2 atom stereocenters. The van der Waals surface area contributed by atoms with Gasteiger partial charge in [0.1, 0.15) is 11.4 Å². The minimum absolute atomic E-state index is 0.00872. The van der Waals surface area contributed by atoms with Crippen molar-refractivity contribution in [1.29, 1.82) is 0 Å². The summed E-state index contributed by atoms with van der Waals surface area (Å²) in [5.41, 5.74) is 0.702. The van der Waals surface area contributed by atoms with Crippen molar-refractivity contribution in [1.82, 2.24) is 9.55 Å². The lowest BCUT2D eigenvalue weighted by Crippen LogP contribution is -2.27. The Morgan fingerprint density at radius 2 is 1.96 bits per heavy atom. The summed E-state index contributed by atoms with van der Waals surface area (Å²) in [5, 5.41) is 1.03. The molecule has 0 spiro atoms. The van der Waals surface area contributed by atoms with Crippen LogP contribution in [-0.2, 0) is 9.53 Å². The molecule has 2 fully saturated rings. The van der Waals surface area contributed by atoms with Crippen molar-refractivity contribution >= 4 is 28.6 Å². The largest absolute Gasteiger partial charge is 0.462 e. The quantitative estimate of drug-likeness (QED) is 0.631. The Kier molecular flexibility index (Phi) is 4.08. The van der Waals surface area contributed by atoms with Gasteiger partial charge in [0, 0.05) is 12.5 Å². The molecule has 6 heteroatoms. The summed E-state index contributed by atoms with van der Waals surface area (Å²) >= 11 is 1.38. The van der Waals surface area contributed by atoms with E-state index in [2.05, 4.69) is 0 Å². The van der Waals surface area contributed by atoms with Crippen molar-refractivity contribution in [2.24, 2.45) is 0 Å². The molecule has 1 saturated heterocycles. The minimum atomic E-state index is -0.277. The molecule has 1 saturated carbocycles. The molecule has 1 aliphatic heterocycles. The Morgan fingerprint density at radius 3 is 2.67 bits per heavy atom. The lowest BCUT2D eigenvalue weighted by molar-refractivity contribution is -0.140. The molecule has 0 N–H and O–H groups in total. The number of carbonyl (C=O) groups is 1. The Bertz CT molecular complexity index is 842. The average molecular weight is 344 g/mol. The summed E-state index contributed by atoms with van der Waals surface area (Å²) in [4.78, 5) is 29.8. The van der Waals surface area contributed by atoms with Crippen LogP contribution in [0, 0.1) is 0 Å². The van der Waals surface area contributed by atoms with Crippen molar-refractivity contribution in [3.63, 3.8) is 0 Å². The van der Waals surface area contributed by atoms with Gasteiger partial charge < -0.3 is 4.74 Å². The first-order valence-electron chi connectivity index (χ1n) is 8.52. The van der Waals surface area contributed by atoms with E-state index in [0.29, 0.717) is 22.5 Å². The summed E-state index contributed by atoms with van der Waals surface area (Å²) in [5.74, 6) is -0.201. The number of hydrogen-bond donors (Lipinski definition) is 0. The van der Waals surface area contributed by atoms with Gasteiger partial charge in [-0.05, 0) is 31.9 Å². The number of benzene rings is 1. The van der Waals surface area contributed by atoms with E-state index in [4.69, 9.17) is 9.72 Å². The normalized spacial score (nSPS) is 24.6. The highest BCUT2D eigenvalue weighted by atomic mass is 32.2. The number of thioether (sulfide) groups is 1. The first-order valence-corrected chi connectivity index (χ1v) is 9.40. The topological polar surface area (TPSA) is 61.2 Å². The molecule has 4 rings (SSSR count). The molecular weight excluding hydrogens is 324 g/mol. The summed E-state index contributed by atoms with van der Waals surface area (Å²) < 4.78 is 7.08. The zero-order valence-corrected chi connectivity index (χ0v) is 14.4. The third kappa shape index (κ3) is 2.73. The van der Waals surface area contributed by atoms with E-state index in [1.807, 2.05) is 35.8 Å². The van der Waals surface area contributed by atoms with Gasteiger partial charge in [0.25, 0.3) is 5.56 Å². The van der Waals surface area contributed by atoms with E-state index in [-0.39, 0.29) is 28.9 Å². The monoisotopic (exact) mass is 344 g/mol. The lowest BCUT2D eigenvalue weighted by Gasteiger charge is -2.19. The molecule has 0 bridgehead atoms. The van der Waals surface area contributed by atoms with Crippen LogP contribution in [0.2, 0.25) is 0 Å². The summed E-state index contributed by atoms with van der Waals surface area (Å²) in [7, 11) is 0. The standard InChI is InChI=1S/C18H20N2O3S/c1-11-10-15(17(22)23-11)24-18-19-14-9-5-4-8-13(14)16(21)20(18)12-6-2-3-7-12/h4-5,8-9,11-12,15H,2-3,6-7,10H2,1H3. The van der Waals surface area contributed by atoms with Gasteiger partial charge >= 0.3 is 5.97 Å². The highest BCUT2D eigenvalue weighted by molar-refractivity contribution is 8.00. The van der Waals surface area contributed by atoms with E-state index in [1.165, 1.54) is 11.8 Å². The zero-order chi connectivity index (χ0) is 16.7. The third-order valence-electron chi connectivity index (χ3n) is 4.84. The minimum Gasteiger partial charge on any atom is -0.462 e. The molecule has 2 aliphatic rings. The molecule has 0 amide bonds. The first-order chi connectivity index (χ1) is 11.6. The Morgan fingerprint density at radius 1 is 1.21 bits per heavy atom.